The predicted octanol–water partition coefficient (Wildman–Crippen LogP) is 5.12. The van der Waals surface area contributed by atoms with E-state index < -0.39 is 0 Å². The van der Waals surface area contributed by atoms with Gasteiger partial charge in [0.1, 0.15) is 5.75 Å². The maximum atomic E-state index is 13.1. The van der Waals surface area contributed by atoms with Crippen LogP contribution >= 0.6 is 0 Å². The molecular weight excluding hydrogens is 386 g/mol. The van der Waals surface area contributed by atoms with Crippen molar-refractivity contribution in [2.24, 2.45) is 0 Å². The highest BCUT2D eigenvalue weighted by atomic mass is 16.5. The Bertz CT molecular complexity index is 1350. The molecule has 154 valence electrons. The van der Waals surface area contributed by atoms with Crippen molar-refractivity contribution in [2.45, 2.75) is 26.3 Å². The van der Waals surface area contributed by atoms with Gasteiger partial charge in [0, 0.05) is 10.9 Å². The molecule has 1 aromatic heterocycles. The second kappa shape index (κ2) is 8.45. The van der Waals surface area contributed by atoms with Gasteiger partial charge in [-0.15, -0.1) is 0 Å². The van der Waals surface area contributed by atoms with Gasteiger partial charge in [0.05, 0.1) is 36.5 Å². The number of hydrogen-bond donors (Lipinski definition) is 0. The third kappa shape index (κ3) is 3.93. The van der Waals surface area contributed by atoms with Gasteiger partial charge in [-0.25, -0.2) is 4.79 Å². The molecule has 0 aliphatic carbocycles. The van der Waals surface area contributed by atoms with Crippen molar-refractivity contribution in [1.29, 1.82) is 5.26 Å². The van der Waals surface area contributed by atoms with Gasteiger partial charge in [-0.3, -0.25) is 4.57 Å². The molecule has 0 aliphatic heterocycles. The molecule has 31 heavy (non-hydrogen) atoms. The van der Waals surface area contributed by atoms with Crippen LogP contribution < -0.4 is 10.4 Å². The monoisotopic (exact) mass is 409 g/mol. The SMILES string of the molecule is COc1ccc2c(c1)c(-c1ccc(C(C)C)cc1)nc(=O)n2Cc1ccccc1C#N. The van der Waals surface area contributed by atoms with Gasteiger partial charge < -0.3 is 4.74 Å². The molecule has 4 rings (SSSR count). The summed E-state index contributed by atoms with van der Waals surface area (Å²) in [6, 6.07) is 23.3. The van der Waals surface area contributed by atoms with Crippen LogP contribution in [0.4, 0.5) is 0 Å². The average molecular weight is 409 g/mol. The minimum absolute atomic E-state index is 0.269. The number of methoxy groups -OCH3 is 1. The summed E-state index contributed by atoms with van der Waals surface area (Å²) in [5.41, 5.74) is 4.45. The van der Waals surface area contributed by atoms with E-state index in [-0.39, 0.29) is 12.2 Å². The molecule has 1 heterocycles. The zero-order chi connectivity index (χ0) is 22.0. The number of fused-ring (bicyclic) bond motifs is 1. The van der Waals surface area contributed by atoms with Gasteiger partial charge in [0.2, 0.25) is 0 Å². The highest BCUT2D eigenvalue weighted by Crippen LogP contribution is 2.30. The van der Waals surface area contributed by atoms with Crippen molar-refractivity contribution < 1.29 is 4.74 Å². The summed E-state index contributed by atoms with van der Waals surface area (Å²) in [7, 11) is 1.62. The summed E-state index contributed by atoms with van der Waals surface area (Å²) in [5, 5.41) is 10.3. The fourth-order valence-electron chi connectivity index (χ4n) is 3.72. The Morgan fingerprint density at radius 2 is 1.81 bits per heavy atom. The molecule has 0 atom stereocenters. The lowest BCUT2D eigenvalue weighted by atomic mass is 9.99. The molecule has 0 aliphatic rings. The van der Waals surface area contributed by atoms with Crippen LogP contribution in [0.3, 0.4) is 0 Å². The Morgan fingerprint density at radius 3 is 2.48 bits per heavy atom. The molecular formula is C26H23N3O2. The fraction of sp³-hybridized carbons (Fsp3) is 0.192. The molecule has 0 unspecified atom stereocenters. The van der Waals surface area contributed by atoms with Gasteiger partial charge >= 0.3 is 5.69 Å². The minimum atomic E-state index is -0.353. The zero-order valence-electron chi connectivity index (χ0n) is 17.8. The number of ether oxygens (including phenoxy) is 1. The highest BCUT2D eigenvalue weighted by Gasteiger charge is 2.15. The summed E-state index contributed by atoms with van der Waals surface area (Å²) in [5.74, 6) is 1.11. The molecule has 0 bridgehead atoms. The molecule has 0 saturated carbocycles. The van der Waals surface area contributed by atoms with E-state index in [1.807, 2.05) is 48.5 Å². The van der Waals surface area contributed by atoms with Crippen LogP contribution in [0.1, 0.15) is 36.5 Å². The third-order valence-electron chi connectivity index (χ3n) is 5.51. The molecule has 0 saturated heterocycles. The predicted molar refractivity (Wildman–Crippen MR) is 122 cm³/mol. The molecule has 5 nitrogen and oxygen atoms in total. The maximum absolute atomic E-state index is 13.1. The first-order valence-electron chi connectivity index (χ1n) is 10.2. The first-order valence-corrected chi connectivity index (χ1v) is 10.2. The first-order chi connectivity index (χ1) is 15.0. The first kappa shape index (κ1) is 20.4. The lowest BCUT2D eigenvalue weighted by Gasteiger charge is -2.15. The van der Waals surface area contributed by atoms with Gasteiger partial charge in [-0.2, -0.15) is 10.2 Å². The molecule has 0 fully saturated rings. The standard InChI is InChI=1S/C26H23N3O2/c1-17(2)18-8-10-19(11-9-18)25-23-14-22(31-3)12-13-24(23)29(26(30)28-25)16-21-7-5-4-6-20(21)15-27/h4-14,17H,16H2,1-3H3. The number of nitriles is 1. The van der Waals surface area contributed by atoms with Crippen LogP contribution in [-0.2, 0) is 6.54 Å². The number of hydrogen-bond acceptors (Lipinski definition) is 4. The zero-order valence-corrected chi connectivity index (χ0v) is 17.8. The van der Waals surface area contributed by atoms with E-state index in [2.05, 4.69) is 37.0 Å². The smallest absolute Gasteiger partial charge is 0.348 e. The molecule has 4 aromatic rings. The fourth-order valence-corrected chi connectivity index (χ4v) is 3.72. The molecule has 3 aromatic carbocycles. The number of benzene rings is 3. The second-order valence-corrected chi connectivity index (χ2v) is 7.76. The maximum Gasteiger partial charge on any atom is 0.348 e. The number of rotatable bonds is 5. The van der Waals surface area contributed by atoms with E-state index in [0.29, 0.717) is 22.9 Å². The number of nitrogens with zero attached hydrogens (tertiary/aromatic N) is 3. The summed E-state index contributed by atoms with van der Waals surface area (Å²) < 4.78 is 7.04. The van der Waals surface area contributed by atoms with E-state index in [1.54, 1.807) is 17.7 Å². The van der Waals surface area contributed by atoms with Crippen molar-refractivity contribution in [3.8, 4) is 23.1 Å². The number of aromatic nitrogens is 2. The van der Waals surface area contributed by atoms with Crippen molar-refractivity contribution in [2.75, 3.05) is 7.11 Å². The Labute approximate surface area is 181 Å². The average Bonchev–Trinajstić information content (AvgIpc) is 2.80. The minimum Gasteiger partial charge on any atom is -0.497 e. The van der Waals surface area contributed by atoms with E-state index >= 15 is 0 Å². The van der Waals surface area contributed by atoms with Gasteiger partial charge in [0.25, 0.3) is 0 Å². The van der Waals surface area contributed by atoms with Gasteiger partial charge in [-0.1, -0.05) is 56.3 Å². The Morgan fingerprint density at radius 1 is 1.06 bits per heavy atom. The molecule has 5 heteroatoms. The van der Waals surface area contributed by atoms with Crippen LogP contribution in [0.15, 0.2) is 71.5 Å². The lowest BCUT2D eigenvalue weighted by molar-refractivity contribution is 0.415. The molecule has 0 N–H and O–H groups in total. The van der Waals surface area contributed by atoms with E-state index in [4.69, 9.17) is 4.74 Å². The second-order valence-electron chi connectivity index (χ2n) is 7.76. The quantitative estimate of drug-likeness (QED) is 0.459. The van der Waals surface area contributed by atoms with Crippen LogP contribution in [0.25, 0.3) is 22.2 Å². The van der Waals surface area contributed by atoms with Gasteiger partial charge in [-0.05, 0) is 41.3 Å². The van der Waals surface area contributed by atoms with Crippen molar-refractivity contribution in [3.05, 3.63) is 93.9 Å². The lowest BCUT2D eigenvalue weighted by Crippen LogP contribution is -2.25. The third-order valence-corrected chi connectivity index (χ3v) is 5.51. The molecule has 0 spiro atoms. The highest BCUT2D eigenvalue weighted by molar-refractivity contribution is 5.93. The van der Waals surface area contributed by atoms with Crippen molar-refractivity contribution >= 4 is 10.9 Å². The summed E-state index contributed by atoms with van der Waals surface area (Å²) in [4.78, 5) is 17.5. The summed E-state index contributed by atoms with van der Waals surface area (Å²) >= 11 is 0. The largest absolute Gasteiger partial charge is 0.497 e. The molecule has 0 radical (unpaired) electrons. The topological polar surface area (TPSA) is 67.9 Å². The van der Waals surface area contributed by atoms with Crippen LogP contribution in [0.5, 0.6) is 5.75 Å². The van der Waals surface area contributed by atoms with E-state index in [1.165, 1.54) is 5.56 Å². The Balaban J connectivity index is 1.92. The normalized spacial score (nSPS) is 10.9. The Hall–Kier alpha value is -3.91. The van der Waals surface area contributed by atoms with Crippen LogP contribution in [-0.4, -0.2) is 16.7 Å². The molecule has 0 amide bonds. The van der Waals surface area contributed by atoms with Crippen molar-refractivity contribution in [1.82, 2.24) is 9.55 Å². The Kier molecular flexibility index (Phi) is 5.55. The van der Waals surface area contributed by atoms with E-state index in [9.17, 15) is 10.1 Å². The van der Waals surface area contributed by atoms with Gasteiger partial charge in [0.15, 0.2) is 0 Å². The van der Waals surface area contributed by atoms with Crippen LogP contribution in [0.2, 0.25) is 0 Å². The van der Waals surface area contributed by atoms with Crippen LogP contribution in [0, 0.1) is 11.3 Å². The summed E-state index contributed by atoms with van der Waals surface area (Å²) in [6.45, 7) is 4.56. The van der Waals surface area contributed by atoms with E-state index in [0.717, 1.165) is 22.0 Å². The van der Waals surface area contributed by atoms with Crippen molar-refractivity contribution in [3.63, 3.8) is 0 Å². The summed E-state index contributed by atoms with van der Waals surface area (Å²) in [6.07, 6.45) is 0.